The molecule has 0 saturated heterocycles. The highest BCUT2D eigenvalue weighted by Gasteiger charge is 2.02. The van der Waals surface area contributed by atoms with Crippen LogP contribution in [0.4, 0.5) is 0 Å². The van der Waals surface area contributed by atoms with E-state index in [1.54, 1.807) is 11.9 Å². The number of carbonyl (C=O) groups excluding carboxylic acids is 1. The molecule has 0 aromatic heterocycles. The maximum Gasteiger partial charge on any atom is 0.245 e. The molecule has 0 aliphatic rings. The van der Waals surface area contributed by atoms with E-state index >= 15 is 0 Å². The van der Waals surface area contributed by atoms with Gasteiger partial charge in [-0.2, -0.15) is 0 Å². The average molecular weight is 203 g/mol. The van der Waals surface area contributed by atoms with Gasteiger partial charge >= 0.3 is 0 Å². The van der Waals surface area contributed by atoms with Gasteiger partial charge < -0.3 is 4.90 Å². The van der Waals surface area contributed by atoms with Crippen LogP contribution < -0.4 is 0 Å². The molecule has 0 atom stereocenters. The summed E-state index contributed by atoms with van der Waals surface area (Å²) in [6, 6.07) is 10.3. The van der Waals surface area contributed by atoms with Crippen molar-refractivity contribution in [3.63, 3.8) is 0 Å². The van der Waals surface area contributed by atoms with Gasteiger partial charge in [0, 0.05) is 13.6 Å². The first kappa shape index (κ1) is 11.5. The minimum Gasteiger partial charge on any atom is -0.342 e. The lowest BCUT2D eigenvalue weighted by atomic mass is 10.1. The standard InChI is InChI=1S/C13H17NO/c1-3-13(15)14(2)11-7-10-12-8-5-4-6-9-12/h3-6,8-9H,1,7,10-11H2,2H3. The Morgan fingerprint density at radius 2 is 2.07 bits per heavy atom. The summed E-state index contributed by atoms with van der Waals surface area (Å²) in [5.74, 6) is -0.0111. The van der Waals surface area contributed by atoms with Crippen molar-refractivity contribution in [3.05, 3.63) is 48.6 Å². The lowest BCUT2D eigenvalue weighted by Gasteiger charge is -2.14. The van der Waals surface area contributed by atoms with Crippen molar-refractivity contribution < 1.29 is 4.79 Å². The van der Waals surface area contributed by atoms with Crippen LogP contribution in [0.25, 0.3) is 0 Å². The molecular formula is C13H17NO. The second-order valence-corrected chi connectivity index (χ2v) is 3.55. The molecule has 0 aliphatic carbocycles. The summed E-state index contributed by atoms with van der Waals surface area (Å²) < 4.78 is 0. The molecular weight excluding hydrogens is 186 g/mol. The summed E-state index contributed by atoms with van der Waals surface area (Å²) in [5, 5.41) is 0. The molecule has 1 aromatic carbocycles. The molecule has 2 heteroatoms. The summed E-state index contributed by atoms with van der Waals surface area (Å²) in [6.45, 7) is 4.23. The van der Waals surface area contributed by atoms with Crippen molar-refractivity contribution in [3.8, 4) is 0 Å². The third-order valence-electron chi connectivity index (χ3n) is 2.35. The first-order valence-corrected chi connectivity index (χ1v) is 5.15. The number of hydrogen-bond donors (Lipinski definition) is 0. The average Bonchev–Trinajstić information content (AvgIpc) is 2.29. The Kier molecular flexibility index (Phi) is 4.61. The summed E-state index contributed by atoms with van der Waals surface area (Å²) in [7, 11) is 1.80. The third kappa shape index (κ3) is 3.98. The Morgan fingerprint density at radius 1 is 1.40 bits per heavy atom. The molecule has 0 unspecified atom stereocenters. The summed E-state index contributed by atoms with van der Waals surface area (Å²) in [5.41, 5.74) is 1.32. The maximum absolute atomic E-state index is 11.2. The van der Waals surface area contributed by atoms with Gasteiger partial charge in [0.25, 0.3) is 0 Å². The van der Waals surface area contributed by atoms with Crippen molar-refractivity contribution in [1.29, 1.82) is 0 Å². The van der Waals surface area contributed by atoms with Gasteiger partial charge in [-0.05, 0) is 24.5 Å². The van der Waals surface area contributed by atoms with E-state index < -0.39 is 0 Å². The quantitative estimate of drug-likeness (QED) is 0.672. The van der Waals surface area contributed by atoms with Crippen LogP contribution in [0.3, 0.4) is 0 Å². The normalized spacial score (nSPS) is 9.67. The fourth-order valence-corrected chi connectivity index (χ4v) is 1.43. The minimum atomic E-state index is -0.0111. The van der Waals surface area contributed by atoms with E-state index in [0.717, 1.165) is 19.4 Å². The van der Waals surface area contributed by atoms with Gasteiger partial charge in [-0.15, -0.1) is 0 Å². The predicted molar refractivity (Wildman–Crippen MR) is 62.6 cm³/mol. The molecule has 0 N–H and O–H groups in total. The van der Waals surface area contributed by atoms with Crippen molar-refractivity contribution in [2.75, 3.05) is 13.6 Å². The molecule has 0 fully saturated rings. The highest BCUT2D eigenvalue weighted by molar-refractivity contribution is 5.86. The lowest BCUT2D eigenvalue weighted by Crippen LogP contribution is -2.25. The monoisotopic (exact) mass is 203 g/mol. The molecule has 0 radical (unpaired) electrons. The van der Waals surface area contributed by atoms with E-state index in [1.165, 1.54) is 11.6 Å². The number of carbonyl (C=O) groups is 1. The van der Waals surface area contributed by atoms with Gasteiger partial charge in [-0.25, -0.2) is 0 Å². The fourth-order valence-electron chi connectivity index (χ4n) is 1.43. The molecule has 80 valence electrons. The van der Waals surface area contributed by atoms with Gasteiger partial charge in [0.15, 0.2) is 0 Å². The van der Waals surface area contributed by atoms with Crippen LogP contribution in [0.15, 0.2) is 43.0 Å². The lowest BCUT2D eigenvalue weighted by molar-refractivity contribution is -0.124. The molecule has 0 bridgehead atoms. The van der Waals surface area contributed by atoms with Gasteiger partial charge in [-0.3, -0.25) is 4.79 Å². The molecule has 0 spiro atoms. The van der Waals surface area contributed by atoms with E-state index in [-0.39, 0.29) is 5.91 Å². The van der Waals surface area contributed by atoms with Crippen molar-refractivity contribution in [2.45, 2.75) is 12.8 Å². The topological polar surface area (TPSA) is 20.3 Å². The van der Waals surface area contributed by atoms with Crippen LogP contribution in [0.2, 0.25) is 0 Å². The van der Waals surface area contributed by atoms with Crippen molar-refractivity contribution in [2.24, 2.45) is 0 Å². The number of amides is 1. The largest absolute Gasteiger partial charge is 0.342 e. The maximum atomic E-state index is 11.2. The molecule has 2 nitrogen and oxygen atoms in total. The van der Waals surface area contributed by atoms with Gasteiger partial charge in [-0.1, -0.05) is 36.9 Å². The third-order valence-corrected chi connectivity index (χ3v) is 2.35. The first-order chi connectivity index (χ1) is 7.24. The Labute approximate surface area is 91.2 Å². The van der Waals surface area contributed by atoms with Crippen LogP contribution in [-0.2, 0) is 11.2 Å². The molecule has 1 amide bonds. The molecule has 0 aliphatic heterocycles. The highest BCUT2D eigenvalue weighted by atomic mass is 16.2. The second-order valence-electron chi connectivity index (χ2n) is 3.55. The number of hydrogen-bond acceptors (Lipinski definition) is 1. The Bertz CT molecular complexity index is 319. The van der Waals surface area contributed by atoms with Crippen LogP contribution in [0.1, 0.15) is 12.0 Å². The number of likely N-dealkylation sites (N-methyl/N-ethyl adjacent to an activating group) is 1. The molecule has 0 saturated carbocycles. The van der Waals surface area contributed by atoms with Gasteiger partial charge in [0.2, 0.25) is 5.91 Å². The van der Waals surface area contributed by atoms with E-state index in [2.05, 4.69) is 18.7 Å². The minimum absolute atomic E-state index is 0.0111. The van der Waals surface area contributed by atoms with Crippen LogP contribution in [0, 0.1) is 0 Å². The zero-order chi connectivity index (χ0) is 11.1. The SMILES string of the molecule is C=CC(=O)N(C)CCCc1ccccc1. The van der Waals surface area contributed by atoms with Gasteiger partial charge in [0.05, 0.1) is 0 Å². The molecule has 0 heterocycles. The van der Waals surface area contributed by atoms with Crippen molar-refractivity contribution in [1.82, 2.24) is 4.90 Å². The van der Waals surface area contributed by atoms with Crippen LogP contribution in [-0.4, -0.2) is 24.4 Å². The number of benzene rings is 1. The van der Waals surface area contributed by atoms with E-state index in [4.69, 9.17) is 0 Å². The summed E-state index contributed by atoms with van der Waals surface area (Å²) in [6.07, 6.45) is 3.35. The summed E-state index contributed by atoms with van der Waals surface area (Å²) in [4.78, 5) is 12.9. The highest BCUT2D eigenvalue weighted by Crippen LogP contribution is 2.03. The zero-order valence-electron chi connectivity index (χ0n) is 9.15. The van der Waals surface area contributed by atoms with E-state index in [1.807, 2.05) is 18.2 Å². The van der Waals surface area contributed by atoms with Crippen LogP contribution in [0.5, 0.6) is 0 Å². The zero-order valence-corrected chi connectivity index (χ0v) is 9.15. The predicted octanol–water partition coefficient (Wildman–Crippen LogP) is 2.26. The number of nitrogens with zero attached hydrogens (tertiary/aromatic N) is 1. The van der Waals surface area contributed by atoms with Gasteiger partial charge in [0.1, 0.15) is 0 Å². The first-order valence-electron chi connectivity index (χ1n) is 5.15. The number of aryl methyl sites for hydroxylation is 1. The Balaban J connectivity index is 2.28. The second kappa shape index (κ2) is 6.02. The molecule has 1 rings (SSSR count). The van der Waals surface area contributed by atoms with Crippen LogP contribution >= 0.6 is 0 Å². The molecule has 15 heavy (non-hydrogen) atoms. The van der Waals surface area contributed by atoms with E-state index in [0.29, 0.717) is 0 Å². The number of rotatable bonds is 5. The summed E-state index contributed by atoms with van der Waals surface area (Å²) >= 11 is 0. The van der Waals surface area contributed by atoms with Crippen molar-refractivity contribution >= 4 is 5.91 Å². The molecule has 1 aromatic rings. The smallest absolute Gasteiger partial charge is 0.245 e. The Hall–Kier alpha value is -1.57. The van der Waals surface area contributed by atoms with E-state index in [9.17, 15) is 4.79 Å². The fraction of sp³-hybridized carbons (Fsp3) is 0.308. The Morgan fingerprint density at radius 3 is 2.67 bits per heavy atom.